The van der Waals surface area contributed by atoms with Crippen molar-refractivity contribution < 1.29 is 14.3 Å². The lowest BCUT2D eigenvalue weighted by molar-refractivity contribution is -0.120. The Morgan fingerprint density at radius 1 is 1.32 bits per heavy atom. The number of fused-ring (bicyclic) bond motifs is 1. The van der Waals surface area contributed by atoms with Crippen LogP contribution in [0.2, 0.25) is 0 Å². The predicted octanol–water partition coefficient (Wildman–Crippen LogP) is 3.01. The smallest absolute Gasteiger partial charge is 0.227 e. The highest BCUT2D eigenvalue weighted by molar-refractivity contribution is 6.06. The molecule has 0 radical (unpaired) electrons. The number of nitrogens with two attached hydrogens (primary N) is 1. The van der Waals surface area contributed by atoms with Crippen molar-refractivity contribution in [2.24, 2.45) is 16.6 Å². The molecular weight excluding hydrogens is 356 g/mol. The van der Waals surface area contributed by atoms with Gasteiger partial charge in [0.05, 0.1) is 37.0 Å². The Balaban J connectivity index is 2.34. The van der Waals surface area contributed by atoms with E-state index in [2.05, 4.69) is 16.0 Å². The minimum atomic E-state index is -0.682. The largest absolute Gasteiger partial charge is 0.496 e. The van der Waals surface area contributed by atoms with Crippen LogP contribution in [0.15, 0.2) is 29.3 Å². The fourth-order valence-corrected chi connectivity index (χ4v) is 3.68. The van der Waals surface area contributed by atoms with E-state index in [4.69, 9.17) is 15.2 Å². The molecule has 2 aromatic rings. The summed E-state index contributed by atoms with van der Waals surface area (Å²) in [6.45, 7) is 5.95. The van der Waals surface area contributed by atoms with Gasteiger partial charge >= 0.3 is 0 Å². The summed E-state index contributed by atoms with van der Waals surface area (Å²) in [6, 6.07) is 9.09. The highest BCUT2D eigenvalue weighted by atomic mass is 16.5. The number of primary amides is 1. The molecule has 1 aliphatic rings. The number of rotatable bonds is 5. The number of aryl methyl sites for hydroxylation is 1. The first-order valence-corrected chi connectivity index (χ1v) is 8.98. The van der Waals surface area contributed by atoms with Crippen molar-refractivity contribution >= 4 is 17.3 Å². The Morgan fingerprint density at radius 3 is 2.68 bits per heavy atom. The van der Waals surface area contributed by atoms with E-state index in [0.29, 0.717) is 40.8 Å². The molecule has 1 aromatic heterocycles. The van der Waals surface area contributed by atoms with E-state index in [1.807, 2.05) is 19.9 Å². The van der Waals surface area contributed by atoms with Crippen LogP contribution < -0.4 is 15.2 Å². The van der Waals surface area contributed by atoms with Crippen LogP contribution in [0.5, 0.6) is 11.6 Å². The van der Waals surface area contributed by atoms with E-state index in [-0.39, 0.29) is 0 Å². The predicted molar refractivity (Wildman–Crippen MR) is 105 cm³/mol. The molecule has 2 unspecified atom stereocenters. The zero-order chi connectivity index (χ0) is 20.4. The number of hydrogen-bond donors (Lipinski definition) is 1. The van der Waals surface area contributed by atoms with Crippen molar-refractivity contribution in [2.45, 2.75) is 26.7 Å². The Labute approximate surface area is 163 Å². The molecule has 1 aromatic carbocycles. The third-order valence-electron chi connectivity index (χ3n) is 4.81. The highest BCUT2D eigenvalue weighted by Crippen LogP contribution is 2.48. The summed E-state index contributed by atoms with van der Waals surface area (Å²) in [4.78, 5) is 21.5. The van der Waals surface area contributed by atoms with Gasteiger partial charge in [-0.25, -0.2) is 4.98 Å². The molecule has 0 bridgehead atoms. The number of aromatic nitrogens is 1. The third-order valence-corrected chi connectivity index (χ3v) is 4.81. The monoisotopic (exact) mass is 378 g/mol. The molecule has 2 N–H and O–H groups in total. The number of ether oxygens (including phenoxy) is 2. The average molecular weight is 378 g/mol. The zero-order valence-corrected chi connectivity index (χ0v) is 16.3. The molecule has 0 aliphatic carbocycles. The van der Waals surface area contributed by atoms with Crippen LogP contribution in [-0.4, -0.2) is 30.3 Å². The van der Waals surface area contributed by atoms with E-state index < -0.39 is 17.7 Å². The highest BCUT2D eigenvalue weighted by Gasteiger charge is 2.40. The number of amides is 1. The van der Waals surface area contributed by atoms with Crippen molar-refractivity contribution in [2.75, 3.05) is 13.7 Å². The fraction of sp³-hybridized carbons (Fsp3) is 0.333. The Bertz CT molecular complexity index is 1010. The maximum Gasteiger partial charge on any atom is 0.227 e. The van der Waals surface area contributed by atoms with Gasteiger partial charge in [0.15, 0.2) is 0 Å². The van der Waals surface area contributed by atoms with Crippen LogP contribution in [0.4, 0.5) is 5.69 Å². The summed E-state index contributed by atoms with van der Waals surface area (Å²) in [5.41, 5.74) is 9.74. The van der Waals surface area contributed by atoms with Gasteiger partial charge in [-0.2, -0.15) is 5.26 Å². The van der Waals surface area contributed by atoms with Gasteiger partial charge in [0, 0.05) is 28.5 Å². The first-order valence-electron chi connectivity index (χ1n) is 8.98. The number of pyridine rings is 1. The van der Waals surface area contributed by atoms with Crippen LogP contribution in [0.3, 0.4) is 0 Å². The van der Waals surface area contributed by atoms with Gasteiger partial charge in [-0.3, -0.25) is 9.79 Å². The van der Waals surface area contributed by atoms with E-state index >= 15 is 0 Å². The topological polar surface area (TPSA) is 111 Å². The van der Waals surface area contributed by atoms with Crippen molar-refractivity contribution in [3.8, 4) is 17.7 Å². The number of hydrogen-bond acceptors (Lipinski definition) is 6. The molecule has 0 fully saturated rings. The van der Waals surface area contributed by atoms with Crippen molar-refractivity contribution in [1.82, 2.24) is 4.98 Å². The van der Waals surface area contributed by atoms with Gasteiger partial charge in [0.25, 0.3) is 0 Å². The van der Waals surface area contributed by atoms with Crippen LogP contribution in [-0.2, 0) is 4.79 Å². The van der Waals surface area contributed by atoms with Gasteiger partial charge < -0.3 is 15.2 Å². The first-order chi connectivity index (χ1) is 13.4. The van der Waals surface area contributed by atoms with E-state index in [0.717, 1.165) is 11.3 Å². The summed E-state index contributed by atoms with van der Waals surface area (Å²) in [5.74, 6) is -0.734. The molecular formula is C21H22N4O3. The molecule has 1 aliphatic heterocycles. The number of carbonyl (C=O) groups excluding carboxylic acids is 1. The van der Waals surface area contributed by atoms with Gasteiger partial charge in [-0.15, -0.1) is 0 Å². The SMILES string of the molecule is CCOc1nc(C)cc2c1C(c1ccc(C#N)cc1OC)C(C(N)=O)C(C)=N2. The van der Waals surface area contributed by atoms with Crippen molar-refractivity contribution in [3.63, 3.8) is 0 Å². The molecule has 3 rings (SSSR count). The summed E-state index contributed by atoms with van der Waals surface area (Å²) in [6.07, 6.45) is 0. The molecule has 0 spiro atoms. The van der Waals surface area contributed by atoms with Crippen LogP contribution >= 0.6 is 0 Å². The number of nitriles is 1. The first kappa shape index (κ1) is 19.4. The Hall–Kier alpha value is -3.40. The molecule has 7 nitrogen and oxygen atoms in total. The lowest BCUT2D eigenvalue weighted by atomic mass is 9.75. The van der Waals surface area contributed by atoms with Crippen molar-refractivity contribution in [3.05, 3.63) is 46.6 Å². The van der Waals surface area contributed by atoms with Gasteiger partial charge in [0.2, 0.25) is 11.8 Å². The molecule has 0 saturated carbocycles. The maximum absolute atomic E-state index is 12.4. The number of carbonyl (C=O) groups is 1. The molecule has 0 saturated heterocycles. The van der Waals surface area contributed by atoms with E-state index in [1.54, 1.807) is 25.1 Å². The summed E-state index contributed by atoms with van der Waals surface area (Å²) < 4.78 is 11.3. The van der Waals surface area contributed by atoms with Gasteiger partial charge in [-0.1, -0.05) is 6.07 Å². The quantitative estimate of drug-likeness (QED) is 0.860. The van der Waals surface area contributed by atoms with Crippen LogP contribution in [0.25, 0.3) is 0 Å². The normalized spacial score (nSPS) is 17.9. The summed E-state index contributed by atoms with van der Waals surface area (Å²) in [5, 5.41) is 9.21. The van der Waals surface area contributed by atoms with Crippen LogP contribution in [0.1, 0.15) is 42.1 Å². The second kappa shape index (κ2) is 7.69. The van der Waals surface area contributed by atoms with Gasteiger partial charge in [0.1, 0.15) is 5.75 Å². The minimum Gasteiger partial charge on any atom is -0.496 e. The number of nitrogens with zero attached hydrogens (tertiary/aromatic N) is 3. The number of methoxy groups -OCH3 is 1. The second-order valence-corrected chi connectivity index (χ2v) is 6.61. The Morgan fingerprint density at radius 2 is 2.07 bits per heavy atom. The minimum absolute atomic E-state index is 0.421. The molecule has 28 heavy (non-hydrogen) atoms. The van der Waals surface area contributed by atoms with Crippen LogP contribution in [0, 0.1) is 24.2 Å². The lowest BCUT2D eigenvalue weighted by Crippen LogP contribution is -2.37. The molecule has 7 heteroatoms. The number of benzene rings is 1. The molecule has 1 amide bonds. The van der Waals surface area contributed by atoms with Gasteiger partial charge in [-0.05, 0) is 39.0 Å². The van der Waals surface area contributed by atoms with E-state index in [1.165, 1.54) is 7.11 Å². The number of aliphatic imine (C=N–C) groups is 1. The molecule has 2 heterocycles. The molecule has 144 valence electrons. The third kappa shape index (κ3) is 3.29. The standard InChI is InChI=1S/C21H22N4O3/c1-5-28-21-19-15(8-11(2)24-21)25-12(3)17(20(23)26)18(19)14-7-6-13(10-22)9-16(14)27-4/h6-9,17-18H,5H2,1-4H3,(H2,23,26). The average Bonchev–Trinajstić information content (AvgIpc) is 2.66. The summed E-state index contributed by atoms with van der Waals surface area (Å²) in [7, 11) is 1.53. The fourth-order valence-electron chi connectivity index (χ4n) is 3.68. The lowest BCUT2D eigenvalue weighted by Gasteiger charge is -2.32. The van der Waals surface area contributed by atoms with E-state index in [9.17, 15) is 10.1 Å². The van der Waals surface area contributed by atoms with Crippen molar-refractivity contribution in [1.29, 1.82) is 5.26 Å². The zero-order valence-electron chi connectivity index (χ0n) is 16.3. The maximum atomic E-state index is 12.4. The second-order valence-electron chi connectivity index (χ2n) is 6.61. The Kier molecular flexibility index (Phi) is 5.32. The summed E-state index contributed by atoms with van der Waals surface area (Å²) >= 11 is 0. The molecule has 2 atom stereocenters.